The van der Waals surface area contributed by atoms with Gasteiger partial charge in [-0.3, -0.25) is 24.6 Å². The van der Waals surface area contributed by atoms with Gasteiger partial charge in [0.05, 0.1) is 18.6 Å². The minimum absolute atomic E-state index is 0.0675. The molecular weight excluding hydrogens is 434 g/mol. The van der Waals surface area contributed by atoms with E-state index in [0.717, 1.165) is 5.56 Å². The number of nitro groups is 1. The van der Waals surface area contributed by atoms with E-state index in [1.807, 2.05) is 0 Å². The van der Waals surface area contributed by atoms with Gasteiger partial charge in [-0.05, 0) is 47.0 Å². The van der Waals surface area contributed by atoms with Gasteiger partial charge in [-0.1, -0.05) is 36.4 Å². The third-order valence-electron chi connectivity index (χ3n) is 5.66. The van der Waals surface area contributed by atoms with Crippen LogP contribution in [0.25, 0.3) is 11.6 Å². The van der Waals surface area contributed by atoms with E-state index in [9.17, 15) is 19.7 Å². The molecule has 2 amide bonds. The molecule has 4 rings (SSSR count). The van der Waals surface area contributed by atoms with E-state index in [-0.39, 0.29) is 18.1 Å². The SMILES string of the molecule is COc1ccc(CN2C(=O)/C(=C\c3ccc(N(C)C)c([N+](=O)[O-])c3)c3ccccc3C2=O)cc1. The van der Waals surface area contributed by atoms with E-state index in [4.69, 9.17) is 4.74 Å². The monoisotopic (exact) mass is 457 g/mol. The first-order valence-electron chi connectivity index (χ1n) is 10.6. The molecule has 0 atom stereocenters. The quantitative estimate of drug-likeness (QED) is 0.236. The van der Waals surface area contributed by atoms with Crippen LogP contribution >= 0.6 is 0 Å². The van der Waals surface area contributed by atoms with Crippen LogP contribution in [0.3, 0.4) is 0 Å². The lowest BCUT2D eigenvalue weighted by Crippen LogP contribution is -2.41. The van der Waals surface area contributed by atoms with Gasteiger partial charge in [0.1, 0.15) is 11.4 Å². The van der Waals surface area contributed by atoms with Gasteiger partial charge in [0.2, 0.25) is 0 Å². The van der Waals surface area contributed by atoms with Gasteiger partial charge in [0.15, 0.2) is 0 Å². The molecule has 0 unspecified atom stereocenters. The molecule has 1 aliphatic rings. The number of fused-ring (bicyclic) bond motifs is 1. The number of rotatable bonds is 6. The van der Waals surface area contributed by atoms with E-state index >= 15 is 0 Å². The second-order valence-electron chi connectivity index (χ2n) is 8.05. The summed E-state index contributed by atoms with van der Waals surface area (Å²) in [6.07, 6.45) is 1.60. The van der Waals surface area contributed by atoms with Gasteiger partial charge in [-0.2, -0.15) is 0 Å². The highest BCUT2D eigenvalue weighted by Crippen LogP contribution is 2.34. The Bertz CT molecular complexity index is 1310. The number of carbonyl (C=O) groups is 2. The molecule has 0 aromatic heterocycles. The summed E-state index contributed by atoms with van der Waals surface area (Å²) in [5, 5.41) is 11.6. The molecule has 0 spiro atoms. The number of ether oxygens (including phenoxy) is 1. The van der Waals surface area contributed by atoms with Crippen LogP contribution in [-0.4, -0.2) is 42.8 Å². The first-order valence-corrected chi connectivity index (χ1v) is 10.6. The number of amides is 2. The Morgan fingerprint density at radius 1 is 0.971 bits per heavy atom. The number of carbonyl (C=O) groups excluding carboxylic acids is 2. The molecule has 172 valence electrons. The van der Waals surface area contributed by atoms with Crippen molar-refractivity contribution in [2.45, 2.75) is 6.54 Å². The molecule has 0 aliphatic carbocycles. The maximum absolute atomic E-state index is 13.5. The molecule has 0 N–H and O–H groups in total. The fourth-order valence-corrected chi connectivity index (χ4v) is 3.92. The Morgan fingerprint density at radius 2 is 1.65 bits per heavy atom. The maximum Gasteiger partial charge on any atom is 0.293 e. The first-order chi connectivity index (χ1) is 16.3. The standard InChI is InChI=1S/C26H23N3O5/c1-27(2)23-13-10-18(15-24(23)29(32)33)14-22-20-6-4-5-7-21(20)25(30)28(26(22)31)16-17-8-11-19(34-3)12-9-17/h4-15H,16H2,1-3H3/b22-14-. The lowest BCUT2D eigenvalue weighted by atomic mass is 9.91. The van der Waals surface area contributed by atoms with Crippen LogP contribution in [0.1, 0.15) is 27.0 Å². The predicted molar refractivity (Wildman–Crippen MR) is 130 cm³/mol. The number of imide groups is 1. The largest absolute Gasteiger partial charge is 0.497 e. The number of anilines is 1. The molecule has 0 radical (unpaired) electrons. The number of methoxy groups -OCH3 is 1. The highest BCUT2D eigenvalue weighted by molar-refractivity contribution is 6.33. The second kappa shape index (κ2) is 9.19. The van der Waals surface area contributed by atoms with Crippen molar-refractivity contribution in [2.24, 2.45) is 0 Å². The van der Waals surface area contributed by atoms with Crippen molar-refractivity contribution >= 4 is 34.8 Å². The van der Waals surface area contributed by atoms with Crippen molar-refractivity contribution in [1.82, 2.24) is 4.90 Å². The van der Waals surface area contributed by atoms with E-state index in [1.165, 1.54) is 11.0 Å². The summed E-state index contributed by atoms with van der Waals surface area (Å²) in [6, 6.07) is 18.8. The summed E-state index contributed by atoms with van der Waals surface area (Å²) in [7, 11) is 5.02. The zero-order chi connectivity index (χ0) is 24.4. The third-order valence-corrected chi connectivity index (χ3v) is 5.66. The van der Waals surface area contributed by atoms with E-state index in [2.05, 4.69) is 0 Å². The van der Waals surface area contributed by atoms with Crippen LogP contribution in [0.2, 0.25) is 0 Å². The van der Waals surface area contributed by atoms with Crippen LogP contribution in [0.4, 0.5) is 11.4 Å². The molecule has 8 heteroatoms. The molecule has 3 aromatic carbocycles. The number of hydrogen-bond donors (Lipinski definition) is 0. The number of nitrogens with zero attached hydrogens (tertiary/aromatic N) is 3. The van der Waals surface area contributed by atoms with Crippen LogP contribution in [-0.2, 0) is 11.3 Å². The lowest BCUT2D eigenvalue weighted by Gasteiger charge is -2.29. The maximum atomic E-state index is 13.5. The number of benzene rings is 3. The minimum atomic E-state index is -0.459. The summed E-state index contributed by atoms with van der Waals surface area (Å²) < 4.78 is 5.17. The molecule has 0 saturated heterocycles. The van der Waals surface area contributed by atoms with Gasteiger partial charge < -0.3 is 9.64 Å². The Labute approximate surface area is 196 Å². The van der Waals surface area contributed by atoms with E-state index < -0.39 is 10.8 Å². The van der Waals surface area contributed by atoms with Gasteiger partial charge in [0, 0.05) is 31.3 Å². The zero-order valence-electron chi connectivity index (χ0n) is 19.0. The Hall–Kier alpha value is -4.46. The Balaban J connectivity index is 1.78. The molecule has 8 nitrogen and oxygen atoms in total. The summed E-state index contributed by atoms with van der Waals surface area (Å²) in [5.41, 5.74) is 2.86. The molecular formula is C26H23N3O5. The van der Waals surface area contributed by atoms with Crippen molar-refractivity contribution in [1.29, 1.82) is 0 Å². The third kappa shape index (κ3) is 4.25. The molecule has 1 heterocycles. The molecule has 34 heavy (non-hydrogen) atoms. The van der Waals surface area contributed by atoms with Gasteiger partial charge >= 0.3 is 0 Å². The van der Waals surface area contributed by atoms with Gasteiger partial charge in [0.25, 0.3) is 17.5 Å². The van der Waals surface area contributed by atoms with Crippen molar-refractivity contribution in [2.75, 3.05) is 26.1 Å². The molecule has 3 aromatic rings. The first kappa shape index (κ1) is 22.7. The fourth-order valence-electron chi connectivity index (χ4n) is 3.92. The van der Waals surface area contributed by atoms with Crippen LogP contribution < -0.4 is 9.64 Å². The molecule has 0 bridgehead atoms. The second-order valence-corrected chi connectivity index (χ2v) is 8.05. The van der Waals surface area contributed by atoms with Gasteiger partial charge in [-0.15, -0.1) is 0 Å². The van der Waals surface area contributed by atoms with Crippen LogP contribution in [0, 0.1) is 10.1 Å². The normalized spacial score (nSPS) is 14.2. The van der Waals surface area contributed by atoms with E-state index in [1.54, 1.807) is 92.8 Å². The number of nitro benzene ring substituents is 1. The highest BCUT2D eigenvalue weighted by Gasteiger charge is 2.34. The van der Waals surface area contributed by atoms with Crippen molar-refractivity contribution < 1.29 is 19.2 Å². The molecule has 0 saturated carbocycles. The van der Waals surface area contributed by atoms with Crippen molar-refractivity contribution in [3.8, 4) is 5.75 Å². The predicted octanol–water partition coefficient (Wildman–Crippen LogP) is 4.39. The summed E-state index contributed by atoms with van der Waals surface area (Å²) in [6.45, 7) is 0.0903. The fraction of sp³-hybridized carbons (Fsp3) is 0.154. The summed E-state index contributed by atoms with van der Waals surface area (Å²) in [4.78, 5) is 40.7. The minimum Gasteiger partial charge on any atom is -0.497 e. The van der Waals surface area contributed by atoms with E-state index in [0.29, 0.717) is 33.7 Å². The topological polar surface area (TPSA) is 93.0 Å². The molecule has 1 aliphatic heterocycles. The zero-order valence-corrected chi connectivity index (χ0v) is 19.0. The number of hydrogen-bond acceptors (Lipinski definition) is 6. The summed E-state index contributed by atoms with van der Waals surface area (Å²) in [5.74, 6) is -0.171. The lowest BCUT2D eigenvalue weighted by molar-refractivity contribution is -0.384. The Morgan fingerprint density at radius 3 is 2.26 bits per heavy atom. The smallest absolute Gasteiger partial charge is 0.293 e. The van der Waals surface area contributed by atoms with Gasteiger partial charge in [-0.25, -0.2) is 0 Å². The van der Waals surface area contributed by atoms with Crippen LogP contribution in [0.15, 0.2) is 66.7 Å². The average Bonchev–Trinajstić information content (AvgIpc) is 2.84. The summed E-state index contributed by atoms with van der Waals surface area (Å²) >= 11 is 0. The molecule has 0 fully saturated rings. The van der Waals surface area contributed by atoms with Crippen molar-refractivity contribution in [3.05, 3.63) is 99.1 Å². The average molecular weight is 457 g/mol. The van der Waals surface area contributed by atoms with Crippen molar-refractivity contribution in [3.63, 3.8) is 0 Å². The highest BCUT2D eigenvalue weighted by atomic mass is 16.6. The van der Waals surface area contributed by atoms with Crippen LogP contribution in [0.5, 0.6) is 5.75 Å². The Kier molecular flexibility index (Phi) is 6.14.